The van der Waals surface area contributed by atoms with Gasteiger partial charge in [-0.1, -0.05) is 146 Å². The molecule has 0 saturated carbocycles. The maximum absolute atomic E-state index is 12.1. The van der Waals surface area contributed by atoms with Crippen LogP contribution in [0.25, 0.3) is 0 Å². The quantitative estimate of drug-likeness (QED) is 0.0429. The molecule has 0 aromatic carbocycles. The number of hydrogen-bond acceptors (Lipinski definition) is 5. The number of hydrogen-bond donors (Lipinski definition) is 1. The summed E-state index contributed by atoms with van der Waals surface area (Å²) in [7, 11) is 0. The molecule has 0 bridgehead atoms. The minimum absolute atomic E-state index is 0.0792. The molecule has 1 atom stereocenters. The SMILES string of the molecule is CC/C=C\C/C=C\C/C=C\CCCCCC(=O)OC(CO)COC(=O)CCCCCCCCCCC/C=C\CCCCCCCC. The van der Waals surface area contributed by atoms with Crippen molar-refractivity contribution in [3.63, 3.8) is 0 Å². The maximum atomic E-state index is 12.1. The summed E-state index contributed by atoms with van der Waals surface area (Å²) in [5, 5.41) is 9.53. The highest BCUT2D eigenvalue weighted by molar-refractivity contribution is 5.70. The highest BCUT2D eigenvalue weighted by Gasteiger charge is 2.16. The van der Waals surface area contributed by atoms with Crippen LogP contribution in [0.5, 0.6) is 0 Å². The van der Waals surface area contributed by atoms with Crippen molar-refractivity contribution in [1.29, 1.82) is 0 Å². The van der Waals surface area contributed by atoms with Gasteiger partial charge in [-0.25, -0.2) is 0 Å². The summed E-state index contributed by atoms with van der Waals surface area (Å²) in [5.41, 5.74) is 0. The molecule has 266 valence electrons. The van der Waals surface area contributed by atoms with Crippen LogP contribution in [0.3, 0.4) is 0 Å². The number of ether oxygens (including phenoxy) is 2. The Labute approximate surface area is 284 Å². The molecule has 5 heteroatoms. The van der Waals surface area contributed by atoms with E-state index in [1.165, 1.54) is 89.9 Å². The molecule has 1 unspecified atom stereocenters. The van der Waals surface area contributed by atoms with Gasteiger partial charge >= 0.3 is 11.9 Å². The lowest BCUT2D eigenvalue weighted by atomic mass is 10.1. The summed E-state index contributed by atoms with van der Waals surface area (Å²) in [6, 6.07) is 0. The normalized spacial score (nSPS) is 12.7. The van der Waals surface area contributed by atoms with Crippen LogP contribution in [0.4, 0.5) is 0 Å². The average Bonchev–Trinajstić information content (AvgIpc) is 3.06. The second kappa shape index (κ2) is 37.3. The van der Waals surface area contributed by atoms with Crippen molar-refractivity contribution in [3.8, 4) is 0 Å². The maximum Gasteiger partial charge on any atom is 0.306 e. The summed E-state index contributed by atoms with van der Waals surface area (Å²) >= 11 is 0. The van der Waals surface area contributed by atoms with E-state index < -0.39 is 6.10 Å². The van der Waals surface area contributed by atoms with Crippen molar-refractivity contribution in [2.75, 3.05) is 13.2 Å². The van der Waals surface area contributed by atoms with Crippen LogP contribution in [-0.4, -0.2) is 36.4 Å². The van der Waals surface area contributed by atoms with Crippen LogP contribution in [0, 0.1) is 0 Å². The molecule has 0 aromatic rings. The van der Waals surface area contributed by atoms with E-state index >= 15 is 0 Å². The highest BCUT2D eigenvalue weighted by atomic mass is 16.6. The molecule has 0 aliphatic heterocycles. The first-order valence-electron chi connectivity index (χ1n) is 19.2. The van der Waals surface area contributed by atoms with E-state index in [4.69, 9.17) is 9.47 Å². The topological polar surface area (TPSA) is 72.8 Å². The average molecular weight is 645 g/mol. The summed E-state index contributed by atoms with van der Waals surface area (Å²) < 4.78 is 10.6. The summed E-state index contributed by atoms with van der Waals surface area (Å²) in [6.45, 7) is 3.98. The van der Waals surface area contributed by atoms with Gasteiger partial charge in [0.05, 0.1) is 6.61 Å². The van der Waals surface area contributed by atoms with Gasteiger partial charge in [0.25, 0.3) is 0 Å². The van der Waals surface area contributed by atoms with Gasteiger partial charge in [0.1, 0.15) is 6.61 Å². The van der Waals surface area contributed by atoms with Crippen molar-refractivity contribution >= 4 is 11.9 Å². The minimum atomic E-state index is -0.786. The Hall–Kier alpha value is -2.14. The summed E-state index contributed by atoms with van der Waals surface area (Å²) in [5.74, 6) is -0.629. The van der Waals surface area contributed by atoms with E-state index in [0.29, 0.717) is 12.8 Å². The monoisotopic (exact) mass is 645 g/mol. The molecule has 0 spiro atoms. The van der Waals surface area contributed by atoms with E-state index in [9.17, 15) is 14.7 Å². The molecular formula is C41H72O5. The predicted octanol–water partition coefficient (Wildman–Crippen LogP) is 11.8. The number of carbonyl (C=O) groups excluding carboxylic acids is 2. The molecule has 0 aliphatic carbocycles. The van der Waals surface area contributed by atoms with E-state index in [0.717, 1.165) is 64.2 Å². The summed E-state index contributed by atoms with van der Waals surface area (Å²) in [4.78, 5) is 24.2. The van der Waals surface area contributed by atoms with Crippen molar-refractivity contribution in [3.05, 3.63) is 48.6 Å². The fourth-order valence-corrected chi connectivity index (χ4v) is 5.21. The van der Waals surface area contributed by atoms with Gasteiger partial charge in [0, 0.05) is 12.8 Å². The van der Waals surface area contributed by atoms with E-state index in [-0.39, 0.29) is 25.2 Å². The van der Waals surface area contributed by atoms with Gasteiger partial charge in [0.15, 0.2) is 6.10 Å². The van der Waals surface area contributed by atoms with Gasteiger partial charge in [0.2, 0.25) is 0 Å². The van der Waals surface area contributed by atoms with E-state index in [2.05, 4.69) is 62.5 Å². The second-order valence-corrected chi connectivity index (χ2v) is 12.6. The van der Waals surface area contributed by atoms with Crippen LogP contribution in [0.1, 0.15) is 181 Å². The fraction of sp³-hybridized carbons (Fsp3) is 0.756. The first kappa shape index (κ1) is 43.9. The molecule has 1 N–H and O–H groups in total. The molecule has 46 heavy (non-hydrogen) atoms. The Bertz CT molecular complexity index is 782. The zero-order valence-corrected chi connectivity index (χ0v) is 30.1. The van der Waals surface area contributed by atoms with Crippen LogP contribution in [0.15, 0.2) is 48.6 Å². The smallest absolute Gasteiger partial charge is 0.306 e. The van der Waals surface area contributed by atoms with Crippen LogP contribution < -0.4 is 0 Å². The number of allylic oxidation sites excluding steroid dienone is 8. The Morgan fingerprint density at radius 2 is 0.935 bits per heavy atom. The molecule has 0 aliphatic rings. The van der Waals surface area contributed by atoms with Crippen molar-refractivity contribution in [1.82, 2.24) is 0 Å². The molecule has 0 amide bonds. The minimum Gasteiger partial charge on any atom is -0.462 e. The molecule has 0 aromatic heterocycles. The Balaban J connectivity index is 3.58. The van der Waals surface area contributed by atoms with Gasteiger partial charge < -0.3 is 14.6 Å². The number of carbonyl (C=O) groups is 2. The number of aliphatic hydroxyl groups excluding tert-OH is 1. The van der Waals surface area contributed by atoms with Crippen molar-refractivity contribution in [2.24, 2.45) is 0 Å². The van der Waals surface area contributed by atoms with Gasteiger partial charge in [-0.2, -0.15) is 0 Å². The van der Waals surface area contributed by atoms with E-state index in [1.807, 2.05) is 0 Å². The first-order chi connectivity index (χ1) is 22.6. The van der Waals surface area contributed by atoms with Crippen molar-refractivity contribution in [2.45, 2.75) is 187 Å². The van der Waals surface area contributed by atoms with Gasteiger partial charge in [-0.05, 0) is 70.6 Å². The fourth-order valence-electron chi connectivity index (χ4n) is 5.21. The van der Waals surface area contributed by atoms with E-state index in [1.54, 1.807) is 0 Å². The highest BCUT2D eigenvalue weighted by Crippen LogP contribution is 2.13. The van der Waals surface area contributed by atoms with Gasteiger partial charge in [-0.15, -0.1) is 0 Å². The predicted molar refractivity (Wildman–Crippen MR) is 196 cm³/mol. The van der Waals surface area contributed by atoms with Gasteiger partial charge in [-0.3, -0.25) is 9.59 Å². The molecular weight excluding hydrogens is 572 g/mol. The van der Waals surface area contributed by atoms with Crippen molar-refractivity contribution < 1.29 is 24.2 Å². The lowest BCUT2D eigenvalue weighted by Crippen LogP contribution is -2.28. The summed E-state index contributed by atoms with van der Waals surface area (Å²) in [6.07, 6.45) is 46.0. The van der Waals surface area contributed by atoms with Crippen LogP contribution in [0.2, 0.25) is 0 Å². The lowest BCUT2D eigenvalue weighted by molar-refractivity contribution is -0.161. The third-order valence-electron chi connectivity index (χ3n) is 8.11. The number of unbranched alkanes of at least 4 members (excludes halogenated alkanes) is 18. The Morgan fingerprint density at radius 3 is 1.46 bits per heavy atom. The largest absolute Gasteiger partial charge is 0.462 e. The van der Waals surface area contributed by atoms with Crippen LogP contribution in [-0.2, 0) is 19.1 Å². The molecule has 0 saturated heterocycles. The molecule has 0 heterocycles. The third-order valence-corrected chi connectivity index (χ3v) is 8.11. The molecule has 5 nitrogen and oxygen atoms in total. The number of esters is 2. The Kier molecular flexibility index (Phi) is 35.6. The zero-order valence-electron chi connectivity index (χ0n) is 30.1. The third kappa shape index (κ3) is 34.7. The molecule has 0 radical (unpaired) electrons. The second-order valence-electron chi connectivity index (χ2n) is 12.6. The lowest BCUT2D eigenvalue weighted by Gasteiger charge is -2.15. The number of rotatable bonds is 34. The molecule has 0 rings (SSSR count). The number of aliphatic hydroxyl groups is 1. The zero-order chi connectivity index (χ0) is 33.6. The standard InChI is InChI=1S/C41H72O5/c1-3-5-7-9-11-13-15-17-18-19-20-21-22-24-25-27-29-31-33-35-40(43)45-38-39(37-42)46-41(44)36-34-32-30-28-26-23-16-14-12-10-8-6-4-2/h6,8,12,14,17-18,23,26,39,42H,3-5,7,9-11,13,15-16,19-22,24-25,27-38H2,1-2H3/b8-6-,14-12-,18-17-,26-23-. The van der Waals surface area contributed by atoms with Crippen LogP contribution >= 0.6 is 0 Å². The first-order valence-corrected chi connectivity index (χ1v) is 19.2. The molecule has 0 fully saturated rings. The Morgan fingerprint density at radius 1 is 0.522 bits per heavy atom.